The van der Waals surface area contributed by atoms with Crippen LogP contribution in [0.3, 0.4) is 0 Å². The third kappa shape index (κ3) is 1.55. The Kier molecular flexibility index (Phi) is 2.30. The molecule has 0 aliphatic carbocycles. The van der Waals surface area contributed by atoms with E-state index in [-0.39, 0.29) is 0 Å². The molecule has 19 heavy (non-hydrogen) atoms. The highest BCUT2D eigenvalue weighted by Gasteiger charge is 2.22. The molecule has 1 aliphatic heterocycles. The first kappa shape index (κ1) is 10.9. The lowest BCUT2D eigenvalue weighted by Gasteiger charge is -2.09. The smallest absolute Gasteiger partial charge is 0.184 e. The molecule has 3 aromatic heterocycles. The van der Waals surface area contributed by atoms with E-state index in [9.17, 15) is 0 Å². The summed E-state index contributed by atoms with van der Waals surface area (Å²) in [4.78, 5) is 15.4. The number of rotatable bonds is 1. The highest BCUT2D eigenvalue weighted by Crippen LogP contribution is 2.28. The second-order valence-corrected chi connectivity index (χ2v) is 4.59. The highest BCUT2D eigenvalue weighted by atomic mass is 35.5. The molecule has 0 unspecified atom stereocenters. The van der Waals surface area contributed by atoms with E-state index in [0.717, 1.165) is 17.7 Å². The molecule has 96 valence electrons. The fraction of sp³-hybridized carbons (Fsp3) is 0.273. The summed E-state index contributed by atoms with van der Waals surface area (Å²) in [7, 11) is 0. The van der Waals surface area contributed by atoms with Gasteiger partial charge in [0.25, 0.3) is 0 Å². The van der Waals surface area contributed by atoms with Gasteiger partial charge in [0.15, 0.2) is 11.5 Å². The fourth-order valence-corrected chi connectivity index (χ4v) is 2.49. The minimum Gasteiger partial charge on any atom is -0.376 e. The van der Waals surface area contributed by atoms with Crippen LogP contribution < -0.4 is 0 Å². The van der Waals surface area contributed by atoms with Crippen molar-refractivity contribution in [1.29, 1.82) is 0 Å². The summed E-state index contributed by atoms with van der Waals surface area (Å²) >= 11 is 6.37. The van der Waals surface area contributed by atoms with Gasteiger partial charge in [-0.3, -0.25) is 0 Å². The molecule has 0 fully saturated rings. The van der Waals surface area contributed by atoms with Crippen molar-refractivity contribution in [2.45, 2.75) is 13.0 Å². The molecule has 0 aromatic carbocycles. The van der Waals surface area contributed by atoms with Gasteiger partial charge in [-0.1, -0.05) is 11.6 Å². The highest BCUT2D eigenvalue weighted by molar-refractivity contribution is 6.30. The van der Waals surface area contributed by atoms with E-state index in [2.05, 4.69) is 25.0 Å². The van der Waals surface area contributed by atoms with Crippen molar-refractivity contribution < 1.29 is 4.74 Å². The van der Waals surface area contributed by atoms with Crippen LogP contribution in [-0.4, -0.2) is 36.3 Å². The minimum atomic E-state index is 0.491. The second-order valence-electron chi connectivity index (χ2n) is 4.23. The molecule has 4 heterocycles. The topological polar surface area (TPSA) is 81.5 Å². The molecule has 8 heteroatoms. The molecule has 0 spiro atoms. The zero-order chi connectivity index (χ0) is 12.8. The molecule has 0 radical (unpaired) electrons. The number of imidazole rings is 1. The summed E-state index contributed by atoms with van der Waals surface area (Å²) in [5.74, 6) is 0.599. The SMILES string of the molecule is Clc1c2c(nn1-c1ncnc3nc[nH]c13)CCOC2. The largest absolute Gasteiger partial charge is 0.376 e. The molecule has 1 aliphatic rings. The molecular formula is C11H9ClN6O. The van der Waals surface area contributed by atoms with Gasteiger partial charge >= 0.3 is 0 Å². The zero-order valence-corrected chi connectivity index (χ0v) is 10.6. The number of ether oxygens (including phenoxy) is 1. The lowest BCUT2D eigenvalue weighted by molar-refractivity contribution is 0.110. The molecule has 7 nitrogen and oxygen atoms in total. The lowest BCUT2D eigenvalue weighted by Crippen LogP contribution is -2.08. The quantitative estimate of drug-likeness (QED) is 0.724. The van der Waals surface area contributed by atoms with Crippen LogP contribution in [0.25, 0.3) is 17.0 Å². The Bertz CT molecular complexity index is 764. The number of nitrogens with one attached hydrogen (secondary N) is 1. The number of nitrogens with zero attached hydrogens (tertiary/aromatic N) is 5. The summed E-state index contributed by atoms with van der Waals surface area (Å²) < 4.78 is 7.02. The Hall–Kier alpha value is -1.99. The average Bonchev–Trinajstić information content (AvgIpc) is 3.04. The Balaban J connectivity index is 1.97. The van der Waals surface area contributed by atoms with Crippen LogP contribution >= 0.6 is 11.6 Å². The number of H-pyrrole nitrogens is 1. The van der Waals surface area contributed by atoms with Crippen molar-refractivity contribution in [3.63, 3.8) is 0 Å². The molecule has 1 N–H and O–H groups in total. The molecule has 0 saturated carbocycles. The van der Waals surface area contributed by atoms with Crippen molar-refractivity contribution in [2.75, 3.05) is 6.61 Å². The van der Waals surface area contributed by atoms with Crippen LogP contribution in [0, 0.1) is 0 Å². The number of hydrogen-bond acceptors (Lipinski definition) is 5. The van der Waals surface area contributed by atoms with Gasteiger partial charge in [-0.2, -0.15) is 5.10 Å². The monoisotopic (exact) mass is 276 g/mol. The molecule has 0 amide bonds. The van der Waals surface area contributed by atoms with E-state index in [1.807, 2.05) is 0 Å². The number of hydrogen-bond donors (Lipinski definition) is 1. The summed E-state index contributed by atoms with van der Waals surface area (Å²) in [6, 6.07) is 0. The number of halogens is 1. The van der Waals surface area contributed by atoms with Crippen molar-refractivity contribution in [3.8, 4) is 5.82 Å². The van der Waals surface area contributed by atoms with Gasteiger partial charge in [-0.25, -0.2) is 19.6 Å². The van der Waals surface area contributed by atoms with Crippen molar-refractivity contribution >= 4 is 22.8 Å². The maximum atomic E-state index is 6.37. The number of aromatic nitrogens is 6. The first-order valence-corrected chi connectivity index (χ1v) is 6.21. The first-order chi connectivity index (χ1) is 9.34. The van der Waals surface area contributed by atoms with E-state index in [0.29, 0.717) is 35.3 Å². The first-order valence-electron chi connectivity index (χ1n) is 5.83. The van der Waals surface area contributed by atoms with E-state index >= 15 is 0 Å². The van der Waals surface area contributed by atoms with Crippen LogP contribution in [0.15, 0.2) is 12.7 Å². The number of fused-ring (bicyclic) bond motifs is 2. The van der Waals surface area contributed by atoms with E-state index in [1.54, 1.807) is 11.0 Å². The summed E-state index contributed by atoms with van der Waals surface area (Å²) in [5, 5.41) is 5.05. The Labute approximate surface area is 112 Å². The Morgan fingerprint density at radius 1 is 1.32 bits per heavy atom. The minimum absolute atomic E-state index is 0.491. The van der Waals surface area contributed by atoms with E-state index in [1.165, 1.54) is 6.33 Å². The van der Waals surface area contributed by atoms with Crippen molar-refractivity contribution in [1.82, 2.24) is 29.7 Å². The van der Waals surface area contributed by atoms with E-state index in [4.69, 9.17) is 16.3 Å². The van der Waals surface area contributed by atoms with Crippen LogP contribution in [-0.2, 0) is 17.8 Å². The average molecular weight is 277 g/mol. The van der Waals surface area contributed by atoms with Gasteiger partial charge in [0.1, 0.15) is 17.0 Å². The van der Waals surface area contributed by atoms with Gasteiger partial charge in [0, 0.05) is 12.0 Å². The van der Waals surface area contributed by atoms with Crippen LogP contribution in [0.1, 0.15) is 11.3 Å². The van der Waals surface area contributed by atoms with Gasteiger partial charge in [0.2, 0.25) is 0 Å². The lowest BCUT2D eigenvalue weighted by atomic mass is 10.2. The standard InChI is InChI=1S/C11H9ClN6O/c12-9-6-3-19-2-1-7(6)17-18(9)11-8-10(14-4-13-8)15-5-16-11/h4-5H,1-3H2,(H,13,14,15,16). The Morgan fingerprint density at radius 2 is 2.26 bits per heavy atom. The normalized spacial score (nSPS) is 14.8. The van der Waals surface area contributed by atoms with Gasteiger partial charge in [-0.05, 0) is 0 Å². The predicted octanol–water partition coefficient (Wildman–Crippen LogP) is 1.26. The molecule has 4 rings (SSSR count). The third-order valence-electron chi connectivity index (χ3n) is 3.14. The fourth-order valence-electron chi connectivity index (χ4n) is 2.21. The molecule has 0 saturated heterocycles. The van der Waals surface area contributed by atoms with Crippen LogP contribution in [0.4, 0.5) is 0 Å². The zero-order valence-electron chi connectivity index (χ0n) is 9.80. The predicted molar refractivity (Wildman–Crippen MR) is 67.2 cm³/mol. The summed E-state index contributed by atoms with van der Waals surface area (Å²) in [6.45, 7) is 1.16. The van der Waals surface area contributed by atoms with Crippen LogP contribution in [0.5, 0.6) is 0 Å². The van der Waals surface area contributed by atoms with Gasteiger partial charge < -0.3 is 9.72 Å². The van der Waals surface area contributed by atoms with Crippen LogP contribution in [0.2, 0.25) is 5.15 Å². The van der Waals surface area contributed by atoms with Gasteiger partial charge in [-0.15, -0.1) is 0 Å². The van der Waals surface area contributed by atoms with Gasteiger partial charge in [0.05, 0.1) is 25.2 Å². The summed E-state index contributed by atoms with van der Waals surface area (Å²) in [5.41, 5.74) is 3.19. The van der Waals surface area contributed by atoms with Crippen molar-refractivity contribution in [2.24, 2.45) is 0 Å². The summed E-state index contributed by atoms with van der Waals surface area (Å²) in [6.07, 6.45) is 3.79. The molecular weight excluding hydrogens is 268 g/mol. The number of aromatic amines is 1. The maximum Gasteiger partial charge on any atom is 0.184 e. The molecule has 3 aromatic rings. The van der Waals surface area contributed by atoms with E-state index < -0.39 is 0 Å². The Morgan fingerprint density at radius 3 is 3.16 bits per heavy atom. The molecule has 0 bridgehead atoms. The third-order valence-corrected chi connectivity index (χ3v) is 3.53. The van der Waals surface area contributed by atoms with Crippen molar-refractivity contribution in [3.05, 3.63) is 29.1 Å². The molecule has 0 atom stereocenters. The maximum absolute atomic E-state index is 6.37. The second kappa shape index (κ2) is 4.01.